The number of para-hydroxylation sites is 1. The average molecular weight is 695 g/mol. The van der Waals surface area contributed by atoms with E-state index in [0.717, 1.165) is 77.1 Å². The number of fused-ring (bicyclic) bond motifs is 5. The Bertz CT molecular complexity index is 2360. The van der Waals surface area contributed by atoms with Gasteiger partial charge in [-0.05, 0) is 100 Å². The van der Waals surface area contributed by atoms with Crippen molar-refractivity contribution in [2.75, 3.05) is 0 Å². The summed E-state index contributed by atoms with van der Waals surface area (Å²) in [4.78, 5) is 5.36. The fraction of sp³-hybridized carbons (Fsp3) is 0.306. The van der Waals surface area contributed by atoms with E-state index in [2.05, 4.69) is 150 Å². The lowest BCUT2D eigenvalue weighted by Gasteiger charge is -2.60. The van der Waals surface area contributed by atoms with Crippen molar-refractivity contribution in [3.63, 3.8) is 0 Å². The van der Waals surface area contributed by atoms with Crippen LogP contribution in [0.15, 0.2) is 155 Å². The molecule has 0 saturated heterocycles. The third kappa shape index (κ3) is 6.46. The van der Waals surface area contributed by atoms with E-state index in [0.29, 0.717) is 0 Å². The molecule has 0 aliphatic heterocycles. The summed E-state index contributed by atoms with van der Waals surface area (Å²) in [6.07, 6.45) is 21.2. The Morgan fingerprint density at radius 3 is 2.42 bits per heavy atom. The second-order valence-corrected chi connectivity index (χ2v) is 16.2. The lowest BCUT2D eigenvalue weighted by atomic mass is 9.33. The molecule has 1 heterocycles. The minimum absolute atomic E-state index is 0.107. The van der Waals surface area contributed by atoms with Crippen LogP contribution in [0, 0.1) is 27.5 Å². The van der Waals surface area contributed by atoms with Crippen molar-refractivity contribution in [3.8, 4) is 5.97 Å². The normalized spacial score (nSPS) is 20.7. The van der Waals surface area contributed by atoms with Crippen molar-refractivity contribution in [1.82, 2.24) is 0 Å². The van der Waals surface area contributed by atoms with Crippen LogP contribution in [0.1, 0.15) is 77.8 Å². The molecule has 3 atom stereocenters. The molecule has 2 unspecified atom stereocenters. The van der Waals surface area contributed by atoms with Crippen LogP contribution in [-0.2, 0) is 6.42 Å². The Labute approximate surface area is 316 Å². The molecule has 53 heavy (non-hydrogen) atoms. The fourth-order valence-electron chi connectivity index (χ4n) is 9.30. The minimum Gasteiger partial charge on any atom is -0.455 e. The van der Waals surface area contributed by atoms with Gasteiger partial charge in [-0.25, -0.2) is 5.26 Å². The number of rotatable bonds is 10. The Morgan fingerprint density at radius 1 is 0.943 bits per heavy atom. The number of nitrogens with zero attached hydrogens (tertiary/aromatic N) is 2. The molecule has 0 N–H and O–H groups in total. The molecule has 0 saturated carbocycles. The van der Waals surface area contributed by atoms with Crippen molar-refractivity contribution in [1.29, 1.82) is 5.26 Å². The monoisotopic (exact) mass is 694 g/mol. The van der Waals surface area contributed by atoms with Gasteiger partial charge in [-0.2, -0.15) is 0 Å². The minimum atomic E-state index is -0.609. The standard InChI is InChI=1S/C49H51BN2O/c1-7-9-30-48(6,47(3,4)5)49(33-39-24-18-26-41-42-28-27-36-21-16-17-25-40(36)46(42)53-45(39)41)31-29-38(35-19-12-10-13-20-35)32-44(49)50(34-51)52-43(8-2)37-22-14-11-15-23-37/h8-12,14-19,21-30,44H,2,7,13,20,31-33H2,1,3-6H3/b30-9-,52-43-/t44?,48?,49-/m1/s1. The number of furan rings is 1. The summed E-state index contributed by atoms with van der Waals surface area (Å²) in [5, 5.41) is 15.9. The Hall–Kier alpha value is -5.14. The van der Waals surface area contributed by atoms with Crippen molar-refractivity contribution in [2.45, 2.75) is 79.0 Å². The molecule has 0 spiro atoms. The smallest absolute Gasteiger partial charge is 0.400 e. The third-order valence-electron chi connectivity index (χ3n) is 12.6. The van der Waals surface area contributed by atoms with Gasteiger partial charge >= 0.3 is 6.85 Å². The quantitative estimate of drug-likeness (QED) is 0.0830. The van der Waals surface area contributed by atoms with Crippen LogP contribution >= 0.6 is 0 Å². The zero-order valence-electron chi connectivity index (χ0n) is 32.0. The predicted octanol–water partition coefficient (Wildman–Crippen LogP) is 13.4. The molecule has 4 heteroatoms. The van der Waals surface area contributed by atoms with E-state index < -0.39 is 12.3 Å². The first-order valence-corrected chi connectivity index (χ1v) is 19.3. The van der Waals surface area contributed by atoms with E-state index in [1.54, 1.807) is 0 Å². The molecule has 0 radical (unpaired) electrons. The highest BCUT2D eigenvalue weighted by molar-refractivity contribution is 6.68. The first-order valence-electron chi connectivity index (χ1n) is 19.3. The Kier molecular flexibility index (Phi) is 10.1. The van der Waals surface area contributed by atoms with Gasteiger partial charge in [0, 0.05) is 22.1 Å². The molecule has 2 aliphatic carbocycles. The van der Waals surface area contributed by atoms with E-state index in [1.165, 1.54) is 22.1 Å². The van der Waals surface area contributed by atoms with Crippen molar-refractivity contribution >= 4 is 45.3 Å². The lowest BCUT2D eigenvalue weighted by molar-refractivity contribution is -0.0146. The van der Waals surface area contributed by atoms with Crippen LogP contribution in [-0.4, -0.2) is 12.6 Å². The second-order valence-electron chi connectivity index (χ2n) is 16.2. The maximum absolute atomic E-state index is 11.3. The molecule has 3 nitrogen and oxygen atoms in total. The van der Waals surface area contributed by atoms with E-state index in [1.807, 2.05) is 24.3 Å². The molecule has 5 aromatic rings. The molecule has 0 amide bonds. The van der Waals surface area contributed by atoms with Crippen LogP contribution in [0.2, 0.25) is 5.82 Å². The van der Waals surface area contributed by atoms with E-state index in [9.17, 15) is 5.26 Å². The van der Waals surface area contributed by atoms with Gasteiger partial charge in [-0.15, -0.1) is 0 Å². The van der Waals surface area contributed by atoms with Gasteiger partial charge in [0.2, 0.25) is 0 Å². The lowest BCUT2D eigenvalue weighted by Crippen LogP contribution is -2.54. The SMILES string of the molecule is C=C/C(=N/B(C#N)C1CC(C2=CC=CCC2)=CC[C@]1(Cc1cccc2c1oc1c3ccccc3ccc21)C(C)(/C=C\CC)C(C)(C)C)c1ccccc1. The second kappa shape index (κ2) is 14.7. The van der Waals surface area contributed by atoms with Crippen LogP contribution in [0.5, 0.6) is 0 Å². The highest BCUT2D eigenvalue weighted by atomic mass is 16.3. The van der Waals surface area contributed by atoms with E-state index in [4.69, 9.17) is 9.32 Å². The van der Waals surface area contributed by atoms with Crippen molar-refractivity contribution < 1.29 is 4.42 Å². The average Bonchev–Trinajstić information content (AvgIpc) is 3.58. The summed E-state index contributed by atoms with van der Waals surface area (Å²) in [7, 11) is 0. The summed E-state index contributed by atoms with van der Waals surface area (Å²) in [5.41, 5.74) is 6.62. The van der Waals surface area contributed by atoms with Gasteiger partial charge in [-0.3, -0.25) is 0 Å². The molecule has 266 valence electrons. The topological polar surface area (TPSA) is 49.3 Å². The number of nitriles is 1. The van der Waals surface area contributed by atoms with Gasteiger partial charge in [0.1, 0.15) is 11.2 Å². The number of benzene rings is 4. The fourth-order valence-corrected chi connectivity index (χ4v) is 9.30. The maximum atomic E-state index is 11.3. The van der Waals surface area contributed by atoms with Gasteiger partial charge < -0.3 is 9.32 Å². The van der Waals surface area contributed by atoms with Gasteiger partial charge in [-0.1, -0.05) is 157 Å². The van der Waals surface area contributed by atoms with Crippen molar-refractivity contribution in [3.05, 3.63) is 156 Å². The summed E-state index contributed by atoms with van der Waals surface area (Å²) in [6, 6.07) is 29.7. The van der Waals surface area contributed by atoms with Crippen LogP contribution < -0.4 is 0 Å². The number of hydrogen-bond acceptors (Lipinski definition) is 3. The van der Waals surface area contributed by atoms with Crippen LogP contribution in [0.25, 0.3) is 32.7 Å². The molecule has 4 aromatic carbocycles. The van der Waals surface area contributed by atoms with E-state index >= 15 is 0 Å². The highest BCUT2D eigenvalue weighted by Gasteiger charge is 2.60. The third-order valence-corrected chi connectivity index (χ3v) is 12.6. The van der Waals surface area contributed by atoms with Crippen molar-refractivity contribution in [2.24, 2.45) is 21.1 Å². The molecule has 7 rings (SSSR count). The number of hydrogen-bond donors (Lipinski definition) is 0. The summed E-state index contributed by atoms with van der Waals surface area (Å²) >= 11 is 0. The Balaban J connectivity index is 1.50. The molecule has 1 aromatic heterocycles. The van der Waals surface area contributed by atoms with Crippen LogP contribution in [0.4, 0.5) is 0 Å². The van der Waals surface area contributed by atoms with Gasteiger partial charge in [0.15, 0.2) is 0 Å². The predicted molar refractivity (Wildman–Crippen MR) is 226 cm³/mol. The first-order chi connectivity index (χ1) is 25.6. The van der Waals surface area contributed by atoms with Gasteiger partial charge in [0.25, 0.3) is 0 Å². The van der Waals surface area contributed by atoms with Crippen LogP contribution in [0.3, 0.4) is 0 Å². The zero-order chi connectivity index (χ0) is 37.2. The zero-order valence-corrected chi connectivity index (χ0v) is 32.0. The summed E-state index contributed by atoms with van der Waals surface area (Å²) < 4.78 is 6.98. The first kappa shape index (κ1) is 36.2. The molecular formula is C49H51BN2O. The molecule has 0 bridgehead atoms. The summed E-state index contributed by atoms with van der Waals surface area (Å²) in [5.74, 6) is 2.68. The largest absolute Gasteiger partial charge is 0.455 e. The number of allylic oxidation sites excluding steroid dienone is 9. The molecule has 0 fully saturated rings. The molecular weight excluding hydrogens is 643 g/mol. The Morgan fingerprint density at radius 2 is 1.70 bits per heavy atom. The molecule has 2 aliphatic rings. The maximum Gasteiger partial charge on any atom is 0.400 e. The van der Waals surface area contributed by atoms with E-state index in [-0.39, 0.29) is 16.6 Å². The highest BCUT2D eigenvalue weighted by Crippen LogP contribution is 2.66. The summed E-state index contributed by atoms with van der Waals surface area (Å²) in [6.45, 7) is 15.3. The van der Waals surface area contributed by atoms with Gasteiger partial charge in [0.05, 0.1) is 5.71 Å².